The lowest BCUT2D eigenvalue weighted by Gasteiger charge is -2.12. The molecule has 0 radical (unpaired) electrons. The number of non-ortho nitro benzene ring substituents is 1. The summed E-state index contributed by atoms with van der Waals surface area (Å²) in [6, 6.07) is 9.03. The normalized spacial score (nSPS) is 10.1. The lowest BCUT2D eigenvalue weighted by atomic mass is 10.1. The molecule has 0 saturated carbocycles. The number of benzene rings is 2. The first-order valence-corrected chi connectivity index (χ1v) is 6.86. The summed E-state index contributed by atoms with van der Waals surface area (Å²) in [5, 5.41) is 16.4. The molecule has 2 N–H and O–H groups in total. The molecule has 0 amide bonds. The number of thiocarbonyl (C=S) groups is 1. The van der Waals surface area contributed by atoms with Gasteiger partial charge < -0.3 is 10.6 Å². The van der Waals surface area contributed by atoms with Crippen LogP contribution >= 0.6 is 12.2 Å². The summed E-state index contributed by atoms with van der Waals surface area (Å²) in [7, 11) is 0. The number of hydrogen-bond acceptors (Lipinski definition) is 3. The summed E-state index contributed by atoms with van der Waals surface area (Å²) in [6.07, 6.45) is 0. The van der Waals surface area contributed by atoms with Gasteiger partial charge >= 0.3 is 0 Å². The Morgan fingerprint density at radius 2 is 1.77 bits per heavy atom. The zero-order chi connectivity index (χ0) is 16.3. The van der Waals surface area contributed by atoms with Crippen LogP contribution < -0.4 is 10.6 Å². The fourth-order valence-corrected chi connectivity index (χ4v) is 2.28. The Morgan fingerprint density at radius 1 is 1.14 bits per heavy atom. The number of rotatable bonds is 3. The number of aryl methyl sites for hydroxylation is 2. The summed E-state index contributed by atoms with van der Waals surface area (Å²) >= 11 is 5.11. The predicted octanol–water partition coefficient (Wildman–Crippen LogP) is 4.16. The van der Waals surface area contributed by atoms with E-state index in [0.717, 1.165) is 35.0 Å². The molecular formula is C15H14FN3O2S. The van der Waals surface area contributed by atoms with Crippen LogP contribution in [0.15, 0.2) is 36.4 Å². The maximum absolute atomic E-state index is 13.7. The third kappa shape index (κ3) is 3.98. The monoisotopic (exact) mass is 319 g/mol. The molecule has 2 aromatic carbocycles. The lowest BCUT2D eigenvalue weighted by molar-refractivity contribution is -0.384. The summed E-state index contributed by atoms with van der Waals surface area (Å²) in [5.74, 6) is -0.616. The zero-order valence-electron chi connectivity index (χ0n) is 12.0. The van der Waals surface area contributed by atoms with Gasteiger partial charge in [0.05, 0.1) is 10.6 Å². The van der Waals surface area contributed by atoms with Crippen molar-refractivity contribution in [3.63, 3.8) is 0 Å². The Labute approximate surface area is 132 Å². The second-order valence-corrected chi connectivity index (χ2v) is 5.29. The molecule has 7 heteroatoms. The molecule has 0 fully saturated rings. The molecule has 22 heavy (non-hydrogen) atoms. The van der Waals surface area contributed by atoms with Crippen LogP contribution in [-0.4, -0.2) is 10.0 Å². The highest BCUT2D eigenvalue weighted by Gasteiger charge is 2.12. The van der Waals surface area contributed by atoms with Crippen molar-refractivity contribution < 1.29 is 9.31 Å². The van der Waals surface area contributed by atoms with Crippen molar-refractivity contribution in [3.8, 4) is 0 Å². The number of nitrogens with one attached hydrogen (secondary N) is 2. The van der Waals surface area contributed by atoms with Crippen molar-refractivity contribution in [2.45, 2.75) is 13.8 Å². The maximum atomic E-state index is 13.7. The summed E-state index contributed by atoms with van der Waals surface area (Å²) in [6.45, 7) is 3.91. The Balaban J connectivity index is 2.15. The molecular weight excluding hydrogens is 305 g/mol. The molecule has 0 aliphatic rings. The van der Waals surface area contributed by atoms with Crippen molar-refractivity contribution in [1.82, 2.24) is 0 Å². The van der Waals surface area contributed by atoms with Gasteiger partial charge in [-0.2, -0.15) is 0 Å². The standard InChI is InChI=1S/C15H14FN3O2S/c1-9-5-10(2)7-11(6-9)17-15(22)18-14-8-12(19(20)21)3-4-13(14)16/h3-8H,1-2H3,(H2,17,18,22). The number of nitro benzene ring substituents is 1. The van der Waals surface area contributed by atoms with Crippen molar-refractivity contribution in [2.24, 2.45) is 0 Å². The van der Waals surface area contributed by atoms with Crippen molar-refractivity contribution in [2.75, 3.05) is 10.6 Å². The molecule has 0 saturated heterocycles. The molecule has 5 nitrogen and oxygen atoms in total. The third-order valence-corrected chi connectivity index (χ3v) is 3.09. The molecule has 0 aliphatic carbocycles. The van der Waals surface area contributed by atoms with E-state index in [4.69, 9.17) is 12.2 Å². The van der Waals surface area contributed by atoms with E-state index in [9.17, 15) is 14.5 Å². The van der Waals surface area contributed by atoms with Crippen molar-refractivity contribution in [3.05, 3.63) is 63.5 Å². The summed E-state index contributed by atoms with van der Waals surface area (Å²) in [5.41, 5.74) is 2.63. The summed E-state index contributed by atoms with van der Waals surface area (Å²) < 4.78 is 13.7. The Morgan fingerprint density at radius 3 is 2.36 bits per heavy atom. The number of halogens is 1. The van der Waals surface area contributed by atoms with E-state index in [0.29, 0.717) is 0 Å². The summed E-state index contributed by atoms with van der Waals surface area (Å²) in [4.78, 5) is 10.1. The SMILES string of the molecule is Cc1cc(C)cc(NC(=S)Nc2cc([N+](=O)[O-])ccc2F)c1. The molecule has 0 aromatic heterocycles. The van der Waals surface area contributed by atoms with E-state index in [2.05, 4.69) is 10.6 Å². The van der Waals surface area contributed by atoms with E-state index >= 15 is 0 Å². The topological polar surface area (TPSA) is 67.2 Å². The van der Waals surface area contributed by atoms with Crippen LogP contribution in [0.2, 0.25) is 0 Å². The van der Waals surface area contributed by atoms with Crippen LogP contribution in [0.3, 0.4) is 0 Å². The minimum absolute atomic E-state index is 0.0453. The zero-order valence-corrected chi connectivity index (χ0v) is 12.8. The molecule has 0 unspecified atom stereocenters. The second kappa shape index (κ2) is 6.48. The average Bonchev–Trinajstić information content (AvgIpc) is 2.39. The molecule has 0 spiro atoms. The molecule has 2 rings (SSSR count). The first-order valence-electron chi connectivity index (χ1n) is 6.45. The van der Waals surface area contributed by atoms with E-state index in [1.54, 1.807) is 0 Å². The molecule has 2 aromatic rings. The highest BCUT2D eigenvalue weighted by atomic mass is 32.1. The molecule has 0 bridgehead atoms. The Hall–Kier alpha value is -2.54. The largest absolute Gasteiger partial charge is 0.332 e. The fraction of sp³-hybridized carbons (Fsp3) is 0.133. The highest BCUT2D eigenvalue weighted by molar-refractivity contribution is 7.80. The Bertz CT molecular complexity index is 729. The van der Waals surface area contributed by atoms with Gasteiger partial charge in [0.2, 0.25) is 0 Å². The number of hydrogen-bond donors (Lipinski definition) is 2. The molecule has 0 heterocycles. The quantitative estimate of drug-likeness (QED) is 0.505. The molecule has 0 atom stereocenters. The van der Waals surface area contributed by atoms with Gasteiger partial charge in [0.15, 0.2) is 5.11 Å². The van der Waals surface area contributed by atoms with Crippen LogP contribution in [0.5, 0.6) is 0 Å². The van der Waals surface area contributed by atoms with Gasteiger partial charge in [-0.1, -0.05) is 6.07 Å². The van der Waals surface area contributed by atoms with Crippen LogP contribution in [0.25, 0.3) is 0 Å². The highest BCUT2D eigenvalue weighted by Crippen LogP contribution is 2.22. The smallest absolute Gasteiger partial charge is 0.271 e. The van der Waals surface area contributed by atoms with E-state index < -0.39 is 10.7 Å². The predicted molar refractivity (Wildman–Crippen MR) is 88.8 cm³/mol. The van der Waals surface area contributed by atoms with E-state index in [-0.39, 0.29) is 16.5 Å². The number of nitrogens with zero attached hydrogens (tertiary/aromatic N) is 1. The molecule has 0 aliphatic heterocycles. The van der Waals surface area contributed by atoms with E-state index in [1.807, 2.05) is 32.0 Å². The van der Waals surface area contributed by atoms with Gasteiger partial charge in [0.25, 0.3) is 5.69 Å². The van der Waals surface area contributed by atoms with Crippen LogP contribution in [-0.2, 0) is 0 Å². The first kappa shape index (κ1) is 15.8. The van der Waals surface area contributed by atoms with Gasteiger partial charge in [-0.25, -0.2) is 4.39 Å². The van der Waals surface area contributed by atoms with Gasteiger partial charge in [0, 0.05) is 17.8 Å². The second-order valence-electron chi connectivity index (χ2n) is 4.88. The Kier molecular flexibility index (Phi) is 4.67. The van der Waals surface area contributed by atoms with Crippen LogP contribution in [0.1, 0.15) is 11.1 Å². The number of nitro groups is 1. The molecule has 114 valence electrons. The van der Waals surface area contributed by atoms with Gasteiger partial charge in [0.1, 0.15) is 5.82 Å². The van der Waals surface area contributed by atoms with E-state index in [1.165, 1.54) is 0 Å². The van der Waals surface area contributed by atoms with Gasteiger partial charge in [-0.15, -0.1) is 0 Å². The minimum Gasteiger partial charge on any atom is -0.332 e. The van der Waals surface area contributed by atoms with Crippen LogP contribution in [0.4, 0.5) is 21.5 Å². The van der Waals surface area contributed by atoms with Crippen LogP contribution in [0, 0.1) is 29.8 Å². The third-order valence-electron chi connectivity index (χ3n) is 2.89. The number of anilines is 2. The van der Waals surface area contributed by atoms with Crippen molar-refractivity contribution >= 4 is 34.4 Å². The van der Waals surface area contributed by atoms with Gasteiger partial charge in [-0.3, -0.25) is 10.1 Å². The first-order chi connectivity index (χ1) is 10.3. The fourth-order valence-electron chi connectivity index (χ4n) is 2.05. The lowest BCUT2D eigenvalue weighted by Crippen LogP contribution is -2.20. The maximum Gasteiger partial charge on any atom is 0.271 e. The minimum atomic E-state index is -0.616. The van der Waals surface area contributed by atoms with Crippen molar-refractivity contribution in [1.29, 1.82) is 0 Å². The van der Waals surface area contributed by atoms with Gasteiger partial charge in [-0.05, 0) is 55.4 Å². The average molecular weight is 319 g/mol.